The molecule has 1 unspecified atom stereocenters. The number of cyclic esters (lactones) is 1. The molecule has 252 valence electrons. The summed E-state index contributed by atoms with van der Waals surface area (Å²) in [6, 6.07) is 12.3. The highest BCUT2D eigenvalue weighted by molar-refractivity contribution is 5.99. The number of allylic oxidation sites excluding steroid dienone is 1. The molecular formula is C34H44N6O7. The molecule has 0 bridgehead atoms. The van der Waals surface area contributed by atoms with Gasteiger partial charge in [-0.05, 0) is 44.2 Å². The summed E-state index contributed by atoms with van der Waals surface area (Å²) in [5.74, 6) is -4.83. The topological polar surface area (TPSA) is 198 Å². The summed E-state index contributed by atoms with van der Waals surface area (Å²) in [5.41, 5.74) is 7.56. The smallest absolute Gasteiger partial charge is 0.354 e. The van der Waals surface area contributed by atoms with Crippen LogP contribution in [0.1, 0.15) is 45.7 Å². The Kier molecular flexibility index (Phi) is 13.2. The van der Waals surface area contributed by atoms with Crippen molar-refractivity contribution < 1.29 is 33.5 Å². The lowest BCUT2D eigenvalue weighted by atomic mass is 10.0. The minimum atomic E-state index is -1.50. The Morgan fingerprint density at radius 2 is 1.43 bits per heavy atom. The minimum absolute atomic E-state index is 0.0582. The van der Waals surface area contributed by atoms with E-state index in [1.807, 2.05) is 36.4 Å². The lowest BCUT2D eigenvalue weighted by molar-refractivity contribution is -0.149. The molecular weight excluding hydrogens is 604 g/mol. The highest BCUT2D eigenvalue weighted by atomic mass is 16.5. The maximum Gasteiger partial charge on any atom is 0.354 e. The Bertz CT molecular complexity index is 1460. The largest absolute Gasteiger partial charge is 0.455 e. The maximum absolute atomic E-state index is 13.9. The van der Waals surface area contributed by atoms with E-state index in [9.17, 15) is 28.8 Å². The van der Waals surface area contributed by atoms with Gasteiger partial charge in [0.05, 0.1) is 6.04 Å². The van der Waals surface area contributed by atoms with Crippen LogP contribution in [0.4, 0.5) is 0 Å². The monoisotopic (exact) mass is 648 g/mol. The molecule has 0 spiro atoms. The number of ether oxygens (including phenoxy) is 1. The molecule has 0 aromatic heterocycles. The third-order valence-electron chi connectivity index (χ3n) is 7.66. The van der Waals surface area contributed by atoms with Crippen molar-refractivity contribution in [2.45, 2.75) is 83.8 Å². The van der Waals surface area contributed by atoms with E-state index >= 15 is 0 Å². The first-order chi connectivity index (χ1) is 22.3. The van der Waals surface area contributed by atoms with Crippen LogP contribution < -0.4 is 32.3 Å². The van der Waals surface area contributed by atoms with Crippen LogP contribution in [-0.4, -0.2) is 71.8 Å². The van der Waals surface area contributed by atoms with Crippen molar-refractivity contribution in [1.82, 2.24) is 26.6 Å². The van der Waals surface area contributed by atoms with Crippen molar-refractivity contribution >= 4 is 35.5 Å². The second kappa shape index (κ2) is 17.0. The normalized spacial score (nSPS) is 23.1. The number of amides is 5. The van der Waals surface area contributed by atoms with E-state index in [0.717, 1.165) is 11.1 Å². The van der Waals surface area contributed by atoms with Gasteiger partial charge in [-0.3, -0.25) is 24.0 Å². The minimum Gasteiger partial charge on any atom is -0.455 e. The summed E-state index contributed by atoms with van der Waals surface area (Å²) >= 11 is 0. The Labute approximate surface area is 274 Å². The first kappa shape index (κ1) is 36.4. The zero-order valence-corrected chi connectivity index (χ0v) is 27.2. The van der Waals surface area contributed by atoms with Gasteiger partial charge in [-0.1, -0.05) is 80.6 Å². The molecule has 3 rings (SSSR count). The molecule has 6 atom stereocenters. The Morgan fingerprint density at radius 1 is 0.851 bits per heavy atom. The lowest BCUT2D eigenvalue weighted by Crippen LogP contribution is -2.62. The fourth-order valence-corrected chi connectivity index (χ4v) is 4.88. The second-order valence-corrected chi connectivity index (χ2v) is 11.8. The lowest BCUT2D eigenvalue weighted by Gasteiger charge is -2.29. The van der Waals surface area contributed by atoms with Crippen molar-refractivity contribution in [1.29, 1.82) is 0 Å². The second-order valence-electron chi connectivity index (χ2n) is 11.8. The van der Waals surface area contributed by atoms with Crippen molar-refractivity contribution in [2.75, 3.05) is 0 Å². The van der Waals surface area contributed by atoms with E-state index in [1.165, 1.54) is 26.8 Å². The van der Waals surface area contributed by atoms with E-state index in [1.54, 1.807) is 38.1 Å². The molecule has 47 heavy (non-hydrogen) atoms. The number of benzene rings is 2. The molecule has 13 nitrogen and oxygen atoms in total. The quantitative estimate of drug-likeness (QED) is 0.166. The summed E-state index contributed by atoms with van der Waals surface area (Å²) in [7, 11) is 0. The van der Waals surface area contributed by atoms with Crippen LogP contribution >= 0.6 is 0 Å². The first-order valence-corrected chi connectivity index (χ1v) is 15.5. The predicted molar refractivity (Wildman–Crippen MR) is 174 cm³/mol. The zero-order valence-electron chi connectivity index (χ0n) is 27.2. The molecule has 5 amide bonds. The van der Waals surface area contributed by atoms with Crippen molar-refractivity contribution in [3.8, 4) is 0 Å². The summed E-state index contributed by atoms with van der Waals surface area (Å²) in [4.78, 5) is 79.7. The van der Waals surface area contributed by atoms with Gasteiger partial charge in [-0.2, -0.15) is 0 Å². The summed E-state index contributed by atoms with van der Waals surface area (Å²) in [5, 5.41) is 12.9. The fourth-order valence-electron chi connectivity index (χ4n) is 4.88. The van der Waals surface area contributed by atoms with Gasteiger partial charge in [0.25, 0.3) is 0 Å². The van der Waals surface area contributed by atoms with Crippen LogP contribution in [0.15, 0.2) is 72.4 Å². The van der Waals surface area contributed by atoms with Gasteiger partial charge in [0.2, 0.25) is 29.5 Å². The van der Waals surface area contributed by atoms with Crippen LogP contribution in [0.25, 0.3) is 0 Å². The predicted octanol–water partition coefficient (Wildman–Crippen LogP) is 0.380. The van der Waals surface area contributed by atoms with Crippen LogP contribution in [0.2, 0.25) is 0 Å². The first-order valence-electron chi connectivity index (χ1n) is 15.5. The number of hydrogen-bond donors (Lipinski definition) is 6. The Balaban J connectivity index is 1.92. The molecule has 2 aromatic carbocycles. The maximum atomic E-state index is 13.9. The van der Waals surface area contributed by atoms with E-state index < -0.39 is 77.7 Å². The summed E-state index contributed by atoms with van der Waals surface area (Å²) in [6.45, 7) is 7.73. The number of rotatable bonds is 9. The average Bonchev–Trinajstić information content (AvgIpc) is 3.04. The third kappa shape index (κ3) is 10.5. The number of hydrogen-bond acceptors (Lipinski definition) is 8. The van der Waals surface area contributed by atoms with Crippen LogP contribution in [0, 0.1) is 5.92 Å². The van der Waals surface area contributed by atoms with Crippen molar-refractivity contribution in [3.63, 3.8) is 0 Å². The van der Waals surface area contributed by atoms with E-state index in [2.05, 4.69) is 26.6 Å². The molecule has 0 saturated carbocycles. The zero-order chi connectivity index (χ0) is 34.7. The molecule has 1 saturated heterocycles. The third-order valence-corrected chi connectivity index (χ3v) is 7.66. The van der Waals surface area contributed by atoms with Gasteiger partial charge in [0.1, 0.15) is 36.0 Å². The molecule has 1 fully saturated rings. The van der Waals surface area contributed by atoms with Crippen LogP contribution in [0.3, 0.4) is 0 Å². The molecule has 0 radical (unpaired) electrons. The van der Waals surface area contributed by atoms with Gasteiger partial charge in [0.15, 0.2) is 0 Å². The molecule has 2 aromatic rings. The van der Waals surface area contributed by atoms with E-state index in [0.29, 0.717) is 0 Å². The Hall–Kier alpha value is -5.04. The van der Waals surface area contributed by atoms with Gasteiger partial charge in [0, 0.05) is 6.42 Å². The van der Waals surface area contributed by atoms with Gasteiger partial charge in [-0.25, -0.2) is 4.79 Å². The highest BCUT2D eigenvalue weighted by Crippen LogP contribution is 2.11. The highest BCUT2D eigenvalue weighted by Gasteiger charge is 2.37. The Morgan fingerprint density at radius 3 is 1.98 bits per heavy atom. The van der Waals surface area contributed by atoms with Gasteiger partial charge in [-0.15, -0.1) is 0 Å². The number of nitrogens with one attached hydrogen (secondary N) is 5. The summed E-state index contributed by atoms with van der Waals surface area (Å²) < 4.78 is 5.53. The molecule has 1 aliphatic heterocycles. The number of nitrogens with two attached hydrogens (primary N) is 1. The average molecular weight is 649 g/mol. The molecule has 1 aliphatic rings. The molecule has 13 heteroatoms. The van der Waals surface area contributed by atoms with Crippen molar-refractivity contribution in [3.05, 3.63) is 83.6 Å². The van der Waals surface area contributed by atoms with E-state index in [4.69, 9.17) is 10.5 Å². The number of carbonyl (C=O) groups excluding carboxylic acids is 6. The molecule has 0 aliphatic carbocycles. The van der Waals surface area contributed by atoms with Gasteiger partial charge < -0.3 is 37.1 Å². The molecule has 7 N–H and O–H groups in total. The number of carbonyl (C=O) groups is 6. The van der Waals surface area contributed by atoms with Crippen LogP contribution in [0.5, 0.6) is 0 Å². The summed E-state index contributed by atoms with van der Waals surface area (Å²) in [6.07, 6.45) is 0.324. The van der Waals surface area contributed by atoms with Crippen molar-refractivity contribution in [2.24, 2.45) is 11.7 Å². The van der Waals surface area contributed by atoms with Gasteiger partial charge >= 0.3 is 5.97 Å². The standard InChI is InChI=1S/C34H44N6O7/c1-6-25-34(46)47-21(5)28(33(45)39-27(19(2)3)32(44)36-20(4)29(41)37-25)40-31(43)26(18-23-15-11-8-12-16-23)38-30(42)24(35)17-22-13-9-7-10-14-22/h6-16,19-21,24,26-28H,17-18,35H2,1-5H3,(H,36,44)(H,37,41)(H,38,42)(H,39,45)(H,40,43)/b25-6-/t20-,21+,24+,26-,27?,28+/m0/s1. The van der Waals surface area contributed by atoms with E-state index in [-0.39, 0.29) is 18.5 Å². The van der Waals surface area contributed by atoms with Crippen LogP contribution in [-0.2, 0) is 46.3 Å². The molecule has 1 heterocycles. The number of esters is 1. The SMILES string of the molecule is C/C=C1\NC(=O)[C@H](C)NC(=O)C(C(C)C)NC(=O)[C@H](NC(=O)[C@H](Cc2ccccc2)NC(=O)[C@H](N)Cc2ccccc2)[C@@H](C)OC1=O. The fraction of sp³-hybridized carbons (Fsp3) is 0.412.